The second kappa shape index (κ2) is 32.1. The Labute approximate surface area is 410 Å². The molecule has 0 radical (unpaired) electrons. The van der Waals surface area contributed by atoms with Gasteiger partial charge in [0.1, 0.15) is 12.1 Å². The number of nitrogens with two attached hydrogens (primary N) is 4. The predicted molar refractivity (Wildman–Crippen MR) is 256 cm³/mol. The molecule has 1 heterocycles. The summed E-state index contributed by atoms with van der Waals surface area (Å²) in [6.45, 7) is 2.82. The monoisotopic (exact) mass is 1010 g/mol. The Morgan fingerprint density at radius 3 is 1.57 bits per heavy atom. The quantitative estimate of drug-likeness (QED) is 0.0265. The molecule has 0 aliphatic carbocycles. The Kier molecular flexibility index (Phi) is 27.3. The molecule has 0 spiro atoms. The SMILES string of the molecule is NC(=O)CN1CCN(CC(N)=O)CCN(CC(N)=O)C(Cc2ccc(NC(=S)NCCNC(=O)CCC(=O)NCCCC[C@H](NC(=O)N[C@@H](CCC(=O)O)C(=O)O)C(=O)O)cc2)CN(CC(N)=O)CC1. The van der Waals surface area contributed by atoms with Gasteiger partial charge in [-0.05, 0) is 62.0 Å². The molecule has 3 atom stereocenters. The number of benzene rings is 1. The Morgan fingerprint density at radius 2 is 1.06 bits per heavy atom. The van der Waals surface area contributed by atoms with Crippen molar-refractivity contribution in [2.75, 3.05) is 96.9 Å². The maximum atomic E-state index is 12.4. The standard InChI is InChI=1S/C42H68N14O13S/c43-32(57)23-53-15-16-54(24-33(44)58)19-20-56(26-35(46)60)29(22-55(18-17-53)25-34(45)59)21-27-4-6-28(7-5-27)50-42(70)49-14-13-48-37(62)10-9-36(61)47-12-2-1-3-30(39(65)66)51-41(69)52-31(40(67)68)8-11-38(63)64/h4-7,29-31H,1-3,8-26H2,(H2,43,57)(H2,44,58)(H2,45,59)(H2,46,60)(H,47,61)(H,48,62)(H,63,64)(H,65,66)(H,67,68)(H2,49,50,70)(H2,51,52,69)/t29?,30-,31-/m0/s1. The third-order valence-corrected chi connectivity index (χ3v) is 11.0. The third kappa shape index (κ3) is 26.7. The zero-order chi connectivity index (χ0) is 52.2. The minimum absolute atomic E-state index is 0.0325. The second-order valence-electron chi connectivity index (χ2n) is 16.6. The summed E-state index contributed by atoms with van der Waals surface area (Å²) in [6.07, 6.45) is -0.144. The molecule has 0 aromatic heterocycles. The summed E-state index contributed by atoms with van der Waals surface area (Å²) >= 11 is 5.42. The van der Waals surface area contributed by atoms with Crippen LogP contribution >= 0.6 is 12.2 Å². The summed E-state index contributed by atoms with van der Waals surface area (Å²) in [5.74, 6) is -7.08. The Morgan fingerprint density at radius 1 is 0.586 bits per heavy atom. The van der Waals surface area contributed by atoms with E-state index in [1.54, 1.807) is 0 Å². The number of aliphatic carboxylic acids is 3. The van der Waals surface area contributed by atoms with E-state index in [1.807, 2.05) is 49.2 Å². The van der Waals surface area contributed by atoms with E-state index in [1.165, 1.54) is 0 Å². The van der Waals surface area contributed by atoms with E-state index in [4.69, 9.17) is 40.3 Å². The van der Waals surface area contributed by atoms with Crippen molar-refractivity contribution < 1.29 is 63.3 Å². The van der Waals surface area contributed by atoms with Crippen molar-refractivity contribution in [1.82, 2.24) is 46.2 Å². The summed E-state index contributed by atoms with van der Waals surface area (Å²) in [7, 11) is 0. The molecule has 390 valence electrons. The largest absolute Gasteiger partial charge is 0.481 e. The number of carboxylic acid groups (broad SMARTS) is 3. The van der Waals surface area contributed by atoms with E-state index in [-0.39, 0.29) is 88.6 Å². The highest BCUT2D eigenvalue weighted by molar-refractivity contribution is 7.80. The van der Waals surface area contributed by atoms with Gasteiger partial charge in [0.05, 0.1) is 26.2 Å². The number of primary amides is 4. The highest BCUT2D eigenvalue weighted by Crippen LogP contribution is 2.16. The number of unbranched alkanes of at least 4 members (excludes halogenated alkanes) is 1. The average Bonchev–Trinajstić information content (AvgIpc) is 3.26. The molecule has 0 saturated carbocycles. The van der Waals surface area contributed by atoms with Gasteiger partial charge in [-0.1, -0.05) is 12.1 Å². The number of anilines is 1. The summed E-state index contributed by atoms with van der Waals surface area (Å²) in [4.78, 5) is 126. The third-order valence-electron chi connectivity index (χ3n) is 10.7. The van der Waals surface area contributed by atoms with Crippen LogP contribution in [0.15, 0.2) is 24.3 Å². The van der Waals surface area contributed by atoms with E-state index < -0.39 is 78.4 Å². The smallest absolute Gasteiger partial charge is 0.326 e. The number of thiocarbonyl (C=S) groups is 1. The average molecular weight is 1010 g/mol. The van der Waals surface area contributed by atoms with Crippen molar-refractivity contribution in [2.45, 2.75) is 69.5 Å². The molecular weight excluding hydrogens is 941 g/mol. The first kappa shape index (κ1) is 59.4. The molecule has 1 aliphatic heterocycles. The number of hydrogen-bond acceptors (Lipinski definition) is 15. The number of carboxylic acids is 3. The van der Waals surface area contributed by atoms with Crippen molar-refractivity contribution in [3.8, 4) is 0 Å². The van der Waals surface area contributed by atoms with Gasteiger partial charge < -0.3 is 70.2 Å². The maximum absolute atomic E-state index is 12.4. The fourth-order valence-corrected chi connectivity index (χ4v) is 7.48. The summed E-state index contributed by atoms with van der Waals surface area (Å²) in [5.41, 5.74) is 23.9. The normalized spacial score (nSPS) is 16.1. The van der Waals surface area contributed by atoms with Crippen LogP contribution in [0.3, 0.4) is 0 Å². The molecule has 1 fully saturated rings. The number of carbonyl (C=O) groups is 10. The summed E-state index contributed by atoms with van der Waals surface area (Å²) in [5, 5.41) is 43.2. The van der Waals surface area contributed by atoms with E-state index in [9.17, 15) is 58.2 Å². The molecule has 8 amide bonds. The predicted octanol–water partition coefficient (Wildman–Crippen LogP) is -4.70. The second-order valence-corrected chi connectivity index (χ2v) is 17.0. The van der Waals surface area contributed by atoms with Gasteiger partial charge in [0, 0.05) is 96.4 Å². The minimum atomic E-state index is -1.53. The number of nitrogens with zero attached hydrogens (tertiary/aromatic N) is 4. The van der Waals surface area contributed by atoms with Crippen LogP contribution in [0, 0.1) is 0 Å². The van der Waals surface area contributed by atoms with E-state index in [0.29, 0.717) is 64.3 Å². The van der Waals surface area contributed by atoms with Crippen LogP contribution in [0.5, 0.6) is 0 Å². The van der Waals surface area contributed by atoms with Crippen molar-refractivity contribution in [1.29, 1.82) is 0 Å². The molecule has 2 rings (SSSR count). The van der Waals surface area contributed by atoms with E-state index in [0.717, 1.165) is 5.56 Å². The highest BCUT2D eigenvalue weighted by Gasteiger charge is 2.28. The number of carbonyl (C=O) groups excluding carboxylic acids is 7. The van der Waals surface area contributed by atoms with Crippen LogP contribution in [0.2, 0.25) is 0 Å². The van der Waals surface area contributed by atoms with Crippen LogP contribution in [0.4, 0.5) is 10.5 Å². The fraction of sp³-hybridized carbons (Fsp3) is 0.595. The van der Waals surface area contributed by atoms with Crippen molar-refractivity contribution in [2.24, 2.45) is 22.9 Å². The van der Waals surface area contributed by atoms with Gasteiger partial charge in [0.15, 0.2) is 5.11 Å². The molecule has 27 nitrogen and oxygen atoms in total. The van der Waals surface area contributed by atoms with Crippen LogP contribution in [0.25, 0.3) is 0 Å². The number of urea groups is 1. The highest BCUT2D eigenvalue weighted by atomic mass is 32.1. The molecule has 1 saturated heterocycles. The first-order chi connectivity index (χ1) is 33.1. The van der Waals surface area contributed by atoms with Crippen molar-refractivity contribution in [3.05, 3.63) is 29.8 Å². The molecule has 0 bridgehead atoms. The van der Waals surface area contributed by atoms with Gasteiger partial charge in [0.2, 0.25) is 35.4 Å². The van der Waals surface area contributed by atoms with Crippen molar-refractivity contribution >= 4 is 82.4 Å². The summed E-state index contributed by atoms with van der Waals surface area (Å²) < 4.78 is 0. The lowest BCUT2D eigenvalue weighted by Gasteiger charge is -2.38. The number of rotatable bonds is 29. The van der Waals surface area contributed by atoms with Gasteiger partial charge in [-0.2, -0.15) is 0 Å². The zero-order valence-electron chi connectivity index (χ0n) is 39.0. The molecular formula is C42H68N14O13S. The first-order valence-corrected chi connectivity index (χ1v) is 23.0. The van der Waals surface area contributed by atoms with Crippen LogP contribution in [-0.4, -0.2) is 209 Å². The van der Waals surface area contributed by atoms with Gasteiger partial charge in [-0.25, -0.2) is 14.4 Å². The molecule has 1 aromatic carbocycles. The topological polar surface area (TPSA) is 421 Å². The fourth-order valence-electron chi connectivity index (χ4n) is 7.26. The van der Waals surface area contributed by atoms with Gasteiger partial charge >= 0.3 is 23.9 Å². The van der Waals surface area contributed by atoms with E-state index in [2.05, 4.69) is 26.6 Å². The molecule has 1 unspecified atom stereocenters. The van der Waals surface area contributed by atoms with Gasteiger partial charge in [0.25, 0.3) is 0 Å². The van der Waals surface area contributed by atoms with Crippen LogP contribution in [0.1, 0.15) is 50.5 Å². The number of amides is 8. The molecule has 1 aliphatic rings. The lowest BCUT2D eigenvalue weighted by Crippen LogP contribution is -2.54. The molecule has 17 N–H and O–H groups in total. The van der Waals surface area contributed by atoms with Gasteiger partial charge in [-0.15, -0.1) is 0 Å². The Balaban J connectivity index is 1.84. The van der Waals surface area contributed by atoms with Crippen LogP contribution < -0.4 is 54.8 Å². The van der Waals surface area contributed by atoms with E-state index >= 15 is 0 Å². The number of nitrogens with one attached hydrogen (secondary N) is 6. The Hall–Kier alpha value is -6.75. The lowest BCUT2D eigenvalue weighted by atomic mass is 10.0. The lowest BCUT2D eigenvalue weighted by molar-refractivity contribution is -0.141. The van der Waals surface area contributed by atoms with Crippen LogP contribution in [-0.2, 0) is 49.6 Å². The maximum Gasteiger partial charge on any atom is 0.326 e. The Bertz CT molecular complexity index is 1960. The van der Waals surface area contributed by atoms with Gasteiger partial charge in [-0.3, -0.25) is 53.2 Å². The van der Waals surface area contributed by atoms with Crippen molar-refractivity contribution in [3.63, 3.8) is 0 Å². The molecule has 28 heteroatoms. The number of hydrogen-bond donors (Lipinski definition) is 13. The molecule has 70 heavy (non-hydrogen) atoms. The first-order valence-electron chi connectivity index (χ1n) is 22.6. The molecule has 1 aromatic rings. The zero-order valence-corrected chi connectivity index (χ0v) is 39.8. The minimum Gasteiger partial charge on any atom is -0.481 e. The summed E-state index contributed by atoms with van der Waals surface area (Å²) in [6, 6.07) is 3.03.